The normalized spacial score (nSPS) is 12.1. The van der Waals surface area contributed by atoms with Gasteiger partial charge < -0.3 is 10.4 Å². The van der Waals surface area contributed by atoms with Crippen LogP contribution in [0.25, 0.3) is 10.8 Å². The van der Waals surface area contributed by atoms with Crippen LogP contribution < -0.4 is 5.32 Å². The van der Waals surface area contributed by atoms with E-state index in [1.54, 1.807) is 19.1 Å². The molecule has 2 aromatic rings. The van der Waals surface area contributed by atoms with E-state index in [4.69, 9.17) is 5.11 Å². The number of aliphatic carboxylic acids is 1. The van der Waals surface area contributed by atoms with Crippen LogP contribution in [0.4, 0.5) is 0 Å². The van der Waals surface area contributed by atoms with E-state index in [1.807, 2.05) is 24.3 Å². The average Bonchev–Trinajstić information content (AvgIpc) is 2.43. The molecule has 0 aliphatic carbocycles. The van der Waals surface area contributed by atoms with Crippen molar-refractivity contribution >= 4 is 38.6 Å². The molecule has 5 heteroatoms. The van der Waals surface area contributed by atoms with Crippen molar-refractivity contribution in [3.05, 3.63) is 46.4 Å². The summed E-state index contributed by atoms with van der Waals surface area (Å²) >= 11 is 3.39. The molecule has 1 atom stereocenters. The number of nitrogens with one attached hydrogen (secondary N) is 1. The van der Waals surface area contributed by atoms with E-state index in [-0.39, 0.29) is 5.91 Å². The minimum atomic E-state index is -1.02. The van der Waals surface area contributed by atoms with Gasteiger partial charge in [0, 0.05) is 10.0 Å². The first kappa shape index (κ1) is 14.5. The lowest BCUT2D eigenvalue weighted by Crippen LogP contribution is -2.40. The van der Waals surface area contributed by atoms with Crippen LogP contribution in [-0.4, -0.2) is 23.0 Å². The first-order valence-electron chi connectivity index (χ1n) is 6.24. The number of halogens is 1. The molecule has 104 valence electrons. The van der Waals surface area contributed by atoms with Crippen molar-refractivity contribution in [2.75, 3.05) is 0 Å². The number of carbonyl (C=O) groups is 2. The number of fused-ring (bicyclic) bond motifs is 1. The molecule has 2 aromatic carbocycles. The van der Waals surface area contributed by atoms with Crippen molar-refractivity contribution < 1.29 is 14.7 Å². The minimum absolute atomic E-state index is 0.349. The largest absolute Gasteiger partial charge is 0.480 e. The van der Waals surface area contributed by atoms with Crippen molar-refractivity contribution in [2.24, 2.45) is 0 Å². The van der Waals surface area contributed by atoms with Crippen molar-refractivity contribution in [1.82, 2.24) is 5.32 Å². The lowest BCUT2D eigenvalue weighted by molar-refractivity contribution is -0.139. The molecule has 20 heavy (non-hydrogen) atoms. The van der Waals surface area contributed by atoms with Crippen LogP contribution in [0, 0.1) is 0 Å². The molecule has 0 aliphatic heterocycles. The predicted molar refractivity (Wildman–Crippen MR) is 80.8 cm³/mol. The van der Waals surface area contributed by atoms with Crippen LogP contribution in [0.1, 0.15) is 23.7 Å². The second kappa shape index (κ2) is 6.05. The van der Waals surface area contributed by atoms with Crippen LogP contribution in [0.15, 0.2) is 40.9 Å². The summed E-state index contributed by atoms with van der Waals surface area (Å²) in [6.07, 6.45) is 0.349. The first-order valence-corrected chi connectivity index (χ1v) is 7.03. The third-order valence-corrected chi connectivity index (χ3v) is 3.57. The van der Waals surface area contributed by atoms with Crippen molar-refractivity contribution in [1.29, 1.82) is 0 Å². The molecule has 0 aromatic heterocycles. The van der Waals surface area contributed by atoms with Crippen LogP contribution >= 0.6 is 15.9 Å². The molecule has 1 amide bonds. The van der Waals surface area contributed by atoms with Gasteiger partial charge in [-0.15, -0.1) is 0 Å². The Morgan fingerprint density at radius 2 is 1.85 bits per heavy atom. The molecule has 2 N–H and O–H groups in total. The number of carbonyl (C=O) groups excluding carboxylic acids is 1. The summed E-state index contributed by atoms with van der Waals surface area (Å²) < 4.78 is 0.971. The van der Waals surface area contributed by atoms with Gasteiger partial charge in [0.2, 0.25) is 0 Å². The van der Waals surface area contributed by atoms with Gasteiger partial charge in [0.15, 0.2) is 0 Å². The fourth-order valence-corrected chi connectivity index (χ4v) is 2.32. The van der Waals surface area contributed by atoms with Gasteiger partial charge in [0.05, 0.1) is 0 Å². The zero-order chi connectivity index (χ0) is 14.7. The van der Waals surface area contributed by atoms with E-state index < -0.39 is 12.0 Å². The number of carboxylic acids is 1. The lowest BCUT2D eigenvalue weighted by Gasteiger charge is -2.12. The summed E-state index contributed by atoms with van der Waals surface area (Å²) in [5.74, 6) is -1.39. The van der Waals surface area contributed by atoms with Crippen LogP contribution in [0.3, 0.4) is 0 Å². The van der Waals surface area contributed by atoms with Crippen molar-refractivity contribution in [2.45, 2.75) is 19.4 Å². The van der Waals surface area contributed by atoms with Gasteiger partial charge in [0.25, 0.3) is 5.91 Å². The maximum atomic E-state index is 12.0. The molecule has 0 fully saturated rings. The summed E-state index contributed by atoms with van der Waals surface area (Å²) in [6.45, 7) is 1.72. The molecular weight excluding hydrogens is 322 g/mol. The minimum Gasteiger partial charge on any atom is -0.480 e. The maximum absolute atomic E-state index is 12.0. The topological polar surface area (TPSA) is 66.4 Å². The third-order valence-electron chi connectivity index (χ3n) is 3.08. The number of hydrogen-bond donors (Lipinski definition) is 2. The Kier molecular flexibility index (Phi) is 4.39. The Labute approximate surface area is 124 Å². The maximum Gasteiger partial charge on any atom is 0.326 e. The molecule has 0 radical (unpaired) electrons. The Morgan fingerprint density at radius 3 is 2.50 bits per heavy atom. The molecule has 0 saturated heterocycles. The smallest absolute Gasteiger partial charge is 0.326 e. The highest BCUT2D eigenvalue weighted by Gasteiger charge is 2.18. The summed E-state index contributed by atoms with van der Waals surface area (Å²) in [7, 11) is 0. The molecule has 0 unspecified atom stereocenters. The lowest BCUT2D eigenvalue weighted by atomic mass is 10.1. The average molecular weight is 336 g/mol. The Balaban J connectivity index is 2.26. The van der Waals surface area contributed by atoms with Gasteiger partial charge in [-0.05, 0) is 41.5 Å². The van der Waals surface area contributed by atoms with Crippen molar-refractivity contribution in [3.8, 4) is 0 Å². The number of benzene rings is 2. The summed E-state index contributed by atoms with van der Waals surface area (Å²) in [5.41, 5.74) is 0.458. The fourth-order valence-electron chi connectivity index (χ4n) is 1.94. The molecule has 4 nitrogen and oxygen atoms in total. The van der Waals surface area contributed by atoms with Gasteiger partial charge in [0.1, 0.15) is 6.04 Å². The predicted octanol–water partition coefficient (Wildman–Crippen LogP) is 3.20. The molecule has 0 spiro atoms. The van der Waals surface area contributed by atoms with Gasteiger partial charge in [-0.2, -0.15) is 0 Å². The second-order valence-corrected chi connectivity index (χ2v) is 5.39. The van der Waals surface area contributed by atoms with E-state index in [1.165, 1.54) is 0 Å². The zero-order valence-corrected chi connectivity index (χ0v) is 12.5. The quantitative estimate of drug-likeness (QED) is 0.901. The summed E-state index contributed by atoms with van der Waals surface area (Å²) in [6, 6.07) is 10.2. The molecule has 0 bridgehead atoms. The monoisotopic (exact) mass is 335 g/mol. The highest BCUT2D eigenvalue weighted by atomic mass is 79.9. The zero-order valence-electron chi connectivity index (χ0n) is 10.9. The Hall–Kier alpha value is -1.88. The summed E-state index contributed by atoms with van der Waals surface area (Å²) in [5, 5.41) is 13.4. The van der Waals surface area contributed by atoms with Crippen LogP contribution in [0.2, 0.25) is 0 Å². The second-order valence-electron chi connectivity index (χ2n) is 4.48. The van der Waals surface area contributed by atoms with Gasteiger partial charge in [-0.25, -0.2) is 4.79 Å². The molecular formula is C15H14BrNO3. The molecule has 0 aliphatic rings. The SMILES string of the molecule is CC[C@@H](NC(=O)c1ccc2cc(Br)ccc2c1)C(=O)O. The molecule has 0 heterocycles. The van der Waals surface area contributed by atoms with Gasteiger partial charge in [-0.1, -0.05) is 35.0 Å². The van der Waals surface area contributed by atoms with Crippen LogP contribution in [0.5, 0.6) is 0 Å². The van der Waals surface area contributed by atoms with E-state index in [9.17, 15) is 9.59 Å². The standard InChI is InChI=1S/C15H14BrNO3/c1-2-13(15(19)20)17-14(18)11-4-3-10-8-12(16)6-5-9(10)7-11/h3-8,13H,2H2,1H3,(H,17,18)(H,19,20)/t13-/m1/s1. The fraction of sp³-hybridized carbons (Fsp3) is 0.200. The highest BCUT2D eigenvalue weighted by molar-refractivity contribution is 9.10. The summed E-state index contributed by atoms with van der Waals surface area (Å²) in [4.78, 5) is 23.0. The number of rotatable bonds is 4. The number of amides is 1. The van der Waals surface area contributed by atoms with E-state index in [0.717, 1.165) is 15.2 Å². The highest BCUT2D eigenvalue weighted by Crippen LogP contribution is 2.21. The van der Waals surface area contributed by atoms with Gasteiger partial charge >= 0.3 is 5.97 Å². The van der Waals surface area contributed by atoms with E-state index >= 15 is 0 Å². The Bertz CT molecular complexity index is 669. The van der Waals surface area contributed by atoms with E-state index in [2.05, 4.69) is 21.2 Å². The van der Waals surface area contributed by atoms with E-state index in [0.29, 0.717) is 12.0 Å². The number of hydrogen-bond acceptors (Lipinski definition) is 2. The van der Waals surface area contributed by atoms with Crippen molar-refractivity contribution in [3.63, 3.8) is 0 Å². The number of carboxylic acid groups (broad SMARTS) is 1. The third kappa shape index (κ3) is 3.17. The van der Waals surface area contributed by atoms with Gasteiger partial charge in [-0.3, -0.25) is 4.79 Å². The molecule has 0 saturated carbocycles. The first-order chi connectivity index (χ1) is 9.51. The van der Waals surface area contributed by atoms with Crippen LogP contribution in [-0.2, 0) is 4.79 Å². The Morgan fingerprint density at radius 1 is 1.20 bits per heavy atom. The molecule has 2 rings (SSSR count).